The second-order valence-electron chi connectivity index (χ2n) is 6.00. The molecule has 0 aliphatic carbocycles. The Morgan fingerprint density at radius 3 is 2.73 bits per heavy atom. The Labute approximate surface area is 158 Å². The molecule has 3 aromatic rings. The van der Waals surface area contributed by atoms with Crippen LogP contribution in [0.15, 0.2) is 22.0 Å². The number of hydrogen-bond donors (Lipinski definition) is 1. The minimum Gasteiger partial charge on any atom is -0.343 e. The van der Waals surface area contributed by atoms with Crippen molar-refractivity contribution < 1.29 is 9.32 Å². The topological polar surface area (TPSA) is 87.4 Å². The van der Waals surface area contributed by atoms with E-state index in [2.05, 4.69) is 24.7 Å². The van der Waals surface area contributed by atoms with Gasteiger partial charge in [0.25, 0.3) is 0 Å². The van der Waals surface area contributed by atoms with Crippen LogP contribution in [0.2, 0.25) is 0 Å². The number of piperazine rings is 1. The number of hydrogen-bond acceptors (Lipinski definition) is 8. The standard InChI is InChI=1S/C16H18N6O2S2/c1-10-11(2)19-24-14(10)18-15(23)21-5-7-22(8-6-21)16-17-13(20-26-16)12-4-3-9-25-12/h3-4,9H,5-8H2,1-2H3,(H,18,23). The summed E-state index contributed by atoms with van der Waals surface area (Å²) in [6, 6.07) is 3.85. The van der Waals surface area contributed by atoms with Gasteiger partial charge in [0.2, 0.25) is 11.0 Å². The summed E-state index contributed by atoms with van der Waals surface area (Å²) in [5, 5.41) is 9.57. The summed E-state index contributed by atoms with van der Waals surface area (Å²) in [6.45, 7) is 6.40. The van der Waals surface area contributed by atoms with Gasteiger partial charge in [-0.2, -0.15) is 9.36 Å². The quantitative estimate of drug-likeness (QED) is 0.739. The van der Waals surface area contributed by atoms with Crippen molar-refractivity contribution in [1.29, 1.82) is 0 Å². The molecule has 0 aromatic carbocycles. The van der Waals surface area contributed by atoms with Gasteiger partial charge in [0.1, 0.15) is 0 Å². The lowest BCUT2D eigenvalue weighted by molar-refractivity contribution is 0.207. The maximum absolute atomic E-state index is 12.4. The van der Waals surface area contributed by atoms with Crippen LogP contribution in [0.25, 0.3) is 10.7 Å². The molecule has 2 amide bonds. The molecule has 8 nitrogen and oxygen atoms in total. The Balaban J connectivity index is 1.35. The normalized spacial score (nSPS) is 14.7. The van der Waals surface area contributed by atoms with Crippen molar-refractivity contribution >= 4 is 39.9 Å². The maximum atomic E-state index is 12.4. The largest absolute Gasteiger partial charge is 0.343 e. The first-order chi connectivity index (χ1) is 12.6. The van der Waals surface area contributed by atoms with E-state index in [-0.39, 0.29) is 6.03 Å². The predicted octanol–water partition coefficient (Wildman–Crippen LogP) is 3.23. The summed E-state index contributed by atoms with van der Waals surface area (Å²) in [7, 11) is 0. The summed E-state index contributed by atoms with van der Waals surface area (Å²) in [5.74, 6) is 1.19. The van der Waals surface area contributed by atoms with E-state index >= 15 is 0 Å². The van der Waals surface area contributed by atoms with Crippen LogP contribution in [0, 0.1) is 13.8 Å². The molecule has 0 radical (unpaired) electrons. The van der Waals surface area contributed by atoms with Gasteiger partial charge in [-0.25, -0.2) is 4.79 Å². The van der Waals surface area contributed by atoms with Crippen molar-refractivity contribution in [3.05, 3.63) is 28.8 Å². The minimum atomic E-state index is -0.166. The van der Waals surface area contributed by atoms with Crippen molar-refractivity contribution in [1.82, 2.24) is 19.4 Å². The predicted molar refractivity (Wildman–Crippen MR) is 102 cm³/mol. The zero-order chi connectivity index (χ0) is 18.1. The molecule has 3 aromatic heterocycles. The monoisotopic (exact) mass is 390 g/mol. The molecule has 0 atom stereocenters. The van der Waals surface area contributed by atoms with Gasteiger partial charge in [0, 0.05) is 43.3 Å². The van der Waals surface area contributed by atoms with Crippen LogP contribution < -0.4 is 10.2 Å². The second kappa shape index (κ2) is 7.04. The first kappa shape index (κ1) is 17.0. The van der Waals surface area contributed by atoms with E-state index in [1.165, 1.54) is 11.5 Å². The highest BCUT2D eigenvalue weighted by molar-refractivity contribution is 7.14. The van der Waals surface area contributed by atoms with Crippen LogP contribution in [0.3, 0.4) is 0 Å². The van der Waals surface area contributed by atoms with Gasteiger partial charge in [-0.05, 0) is 25.3 Å². The van der Waals surface area contributed by atoms with Crippen LogP contribution in [-0.4, -0.2) is 51.6 Å². The molecule has 10 heteroatoms. The number of anilines is 2. The first-order valence-electron chi connectivity index (χ1n) is 8.23. The molecular formula is C16H18N6O2S2. The number of aromatic nitrogens is 3. The highest BCUT2D eigenvalue weighted by Crippen LogP contribution is 2.27. The van der Waals surface area contributed by atoms with Crippen molar-refractivity contribution in [2.45, 2.75) is 13.8 Å². The zero-order valence-electron chi connectivity index (χ0n) is 14.4. The number of nitrogens with zero attached hydrogens (tertiary/aromatic N) is 5. The molecule has 0 spiro atoms. The molecule has 136 valence electrons. The van der Waals surface area contributed by atoms with Crippen molar-refractivity contribution in [2.24, 2.45) is 0 Å². The summed E-state index contributed by atoms with van der Waals surface area (Å²) < 4.78 is 9.59. The van der Waals surface area contributed by atoms with E-state index in [1.807, 2.05) is 31.4 Å². The Morgan fingerprint density at radius 2 is 2.08 bits per heavy atom. The first-order valence-corrected chi connectivity index (χ1v) is 9.88. The van der Waals surface area contributed by atoms with E-state index < -0.39 is 0 Å². The fourth-order valence-corrected chi connectivity index (χ4v) is 4.11. The van der Waals surface area contributed by atoms with Gasteiger partial charge in [-0.15, -0.1) is 11.3 Å². The number of rotatable bonds is 3. The number of nitrogens with one attached hydrogen (secondary N) is 1. The molecule has 1 fully saturated rings. The van der Waals surface area contributed by atoms with Gasteiger partial charge < -0.3 is 14.3 Å². The second-order valence-corrected chi connectivity index (χ2v) is 7.68. The number of carbonyl (C=O) groups excluding carboxylic acids is 1. The van der Waals surface area contributed by atoms with Gasteiger partial charge in [-0.1, -0.05) is 11.2 Å². The van der Waals surface area contributed by atoms with Gasteiger partial charge in [0.05, 0.1) is 10.6 Å². The smallest absolute Gasteiger partial charge is 0.324 e. The van der Waals surface area contributed by atoms with Crippen LogP contribution >= 0.6 is 22.9 Å². The van der Waals surface area contributed by atoms with Gasteiger partial charge in [0.15, 0.2) is 5.82 Å². The number of carbonyl (C=O) groups is 1. The average Bonchev–Trinajstić information content (AvgIpc) is 3.40. The number of amides is 2. The minimum absolute atomic E-state index is 0.166. The molecule has 1 aliphatic rings. The third kappa shape index (κ3) is 3.29. The fourth-order valence-electron chi connectivity index (χ4n) is 2.66. The number of thiophene rings is 1. The molecule has 1 N–H and O–H groups in total. The summed E-state index contributed by atoms with van der Waals surface area (Å²) in [5.41, 5.74) is 1.63. The summed E-state index contributed by atoms with van der Waals surface area (Å²) in [4.78, 5) is 22.1. The molecule has 0 unspecified atom stereocenters. The van der Waals surface area contributed by atoms with Crippen LogP contribution in [0.5, 0.6) is 0 Å². The molecule has 1 aliphatic heterocycles. The van der Waals surface area contributed by atoms with E-state index in [0.717, 1.165) is 40.2 Å². The third-order valence-corrected chi connectivity index (χ3v) is 6.01. The third-order valence-electron chi connectivity index (χ3n) is 4.37. The van der Waals surface area contributed by atoms with Crippen LogP contribution in [-0.2, 0) is 0 Å². The van der Waals surface area contributed by atoms with Gasteiger partial charge >= 0.3 is 6.03 Å². The van der Waals surface area contributed by atoms with E-state index in [1.54, 1.807) is 16.2 Å². The van der Waals surface area contributed by atoms with Gasteiger partial charge in [-0.3, -0.25) is 5.32 Å². The molecule has 26 heavy (non-hydrogen) atoms. The van der Waals surface area contributed by atoms with Crippen molar-refractivity contribution in [2.75, 3.05) is 36.4 Å². The van der Waals surface area contributed by atoms with E-state index in [4.69, 9.17) is 4.52 Å². The SMILES string of the molecule is Cc1noc(NC(=O)N2CCN(c3nc(-c4cccs4)ns3)CC2)c1C. The lowest BCUT2D eigenvalue weighted by atomic mass is 10.3. The molecule has 1 saturated heterocycles. The van der Waals surface area contributed by atoms with Crippen LogP contribution in [0.4, 0.5) is 15.8 Å². The molecule has 0 bridgehead atoms. The Bertz CT molecular complexity index is 896. The van der Waals surface area contributed by atoms with E-state index in [0.29, 0.717) is 19.0 Å². The van der Waals surface area contributed by atoms with Crippen LogP contribution in [0.1, 0.15) is 11.3 Å². The highest BCUT2D eigenvalue weighted by atomic mass is 32.1. The summed E-state index contributed by atoms with van der Waals surface area (Å²) in [6.07, 6.45) is 0. The Kier molecular flexibility index (Phi) is 4.60. The molecular weight excluding hydrogens is 372 g/mol. The van der Waals surface area contributed by atoms with Crippen molar-refractivity contribution in [3.8, 4) is 10.7 Å². The molecule has 4 rings (SSSR count). The number of aryl methyl sites for hydroxylation is 1. The Hall–Kier alpha value is -2.46. The lowest BCUT2D eigenvalue weighted by Gasteiger charge is -2.34. The van der Waals surface area contributed by atoms with Crippen molar-refractivity contribution in [3.63, 3.8) is 0 Å². The fraction of sp³-hybridized carbons (Fsp3) is 0.375. The lowest BCUT2D eigenvalue weighted by Crippen LogP contribution is -2.50. The summed E-state index contributed by atoms with van der Waals surface area (Å²) >= 11 is 3.03. The zero-order valence-corrected chi connectivity index (χ0v) is 16.1. The maximum Gasteiger partial charge on any atom is 0.324 e. The van der Waals surface area contributed by atoms with E-state index in [9.17, 15) is 4.79 Å². The average molecular weight is 390 g/mol. The molecule has 4 heterocycles. The molecule has 0 saturated carbocycles. The Morgan fingerprint density at radius 1 is 1.27 bits per heavy atom. The number of urea groups is 1. The highest BCUT2D eigenvalue weighted by Gasteiger charge is 2.25.